The van der Waals surface area contributed by atoms with Crippen LogP contribution in [0.25, 0.3) is 0 Å². The van der Waals surface area contributed by atoms with Crippen LogP contribution in [0.1, 0.15) is 41.0 Å². The highest BCUT2D eigenvalue weighted by molar-refractivity contribution is 5.79. The summed E-state index contributed by atoms with van der Waals surface area (Å²) in [5.41, 5.74) is -0.194. The van der Waals surface area contributed by atoms with E-state index in [4.69, 9.17) is 4.74 Å². The SMILES string of the molecule is CC(c1cccnc1)C(C(=O)OCc1cccc(C(F)(F)F)c1)c1ccc(F)cc1F. The average molecular weight is 435 g/mol. The summed E-state index contributed by atoms with van der Waals surface area (Å²) in [7, 11) is 0. The van der Waals surface area contributed by atoms with E-state index >= 15 is 0 Å². The number of halogens is 5. The number of ether oxygens (including phenoxy) is 1. The Bertz CT molecular complexity index is 1050. The van der Waals surface area contributed by atoms with Crippen molar-refractivity contribution in [2.45, 2.75) is 31.5 Å². The lowest BCUT2D eigenvalue weighted by Gasteiger charge is -2.24. The standard InChI is InChI=1S/C23H18F5NO2/c1-14(16-5-3-9-29-12-16)21(19-8-7-18(24)11-20(19)25)22(30)31-13-15-4-2-6-17(10-15)23(26,27)28/h2-12,14,21H,13H2,1H3. The van der Waals surface area contributed by atoms with Gasteiger partial charge in [0.15, 0.2) is 0 Å². The number of carbonyl (C=O) groups excluding carboxylic acids is 1. The van der Waals surface area contributed by atoms with Crippen molar-refractivity contribution in [1.29, 1.82) is 0 Å². The van der Waals surface area contributed by atoms with Gasteiger partial charge in [-0.05, 0) is 35.4 Å². The summed E-state index contributed by atoms with van der Waals surface area (Å²) in [6.45, 7) is 1.23. The highest BCUT2D eigenvalue weighted by Gasteiger charge is 2.33. The van der Waals surface area contributed by atoms with E-state index in [2.05, 4.69) is 4.98 Å². The van der Waals surface area contributed by atoms with Crippen LogP contribution in [0.4, 0.5) is 22.0 Å². The van der Waals surface area contributed by atoms with Crippen molar-refractivity contribution in [2.75, 3.05) is 0 Å². The van der Waals surface area contributed by atoms with Crippen molar-refractivity contribution < 1.29 is 31.5 Å². The molecule has 1 heterocycles. The normalized spacial score (nSPS) is 13.5. The Labute approximate surface area is 175 Å². The number of esters is 1. The molecule has 31 heavy (non-hydrogen) atoms. The van der Waals surface area contributed by atoms with E-state index in [1.807, 2.05) is 0 Å². The fourth-order valence-electron chi connectivity index (χ4n) is 3.27. The number of nitrogens with zero attached hydrogens (tertiary/aromatic N) is 1. The van der Waals surface area contributed by atoms with Gasteiger partial charge in [0, 0.05) is 29.9 Å². The molecule has 0 N–H and O–H groups in total. The van der Waals surface area contributed by atoms with Gasteiger partial charge in [0.25, 0.3) is 0 Å². The fraction of sp³-hybridized carbons (Fsp3) is 0.217. The molecule has 8 heteroatoms. The first-order valence-corrected chi connectivity index (χ1v) is 9.34. The van der Waals surface area contributed by atoms with Gasteiger partial charge in [-0.1, -0.05) is 31.2 Å². The Hall–Kier alpha value is -3.29. The van der Waals surface area contributed by atoms with E-state index in [1.165, 1.54) is 24.5 Å². The second kappa shape index (κ2) is 9.24. The van der Waals surface area contributed by atoms with Gasteiger partial charge in [-0.2, -0.15) is 13.2 Å². The summed E-state index contributed by atoms with van der Waals surface area (Å²) in [6, 6.07) is 10.6. The smallest absolute Gasteiger partial charge is 0.416 e. The van der Waals surface area contributed by atoms with Gasteiger partial charge in [0.05, 0.1) is 11.5 Å². The lowest BCUT2D eigenvalue weighted by Crippen LogP contribution is -2.22. The van der Waals surface area contributed by atoms with Gasteiger partial charge < -0.3 is 4.74 Å². The Morgan fingerprint density at radius 2 is 1.84 bits per heavy atom. The number of carbonyl (C=O) groups is 1. The summed E-state index contributed by atoms with van der Waals surface area (Å²) in [6.07, 6.45) is -1.48. The van der Waals surface area contributed by atoms with Crippen molar-refractivity contribution in [3.8, 4) is 0 Å². The van der Waals surface area contributed by atoms with Gasteiger partial charge in [-0.3, -0.25) is 9.78 Å². The van der Waals surface area contributed by atoms with Crippen LogP contribution in [0.3, 0.4) is 0 Å². The van der Waals surface area contributed by atoms with E-state index < -0.39 is 47.8 Å². The Morgan fingerprint density at radius 1 is 1.06 bits per heavy atom. The van der Waals surface area contributed by atoms with Crippen LogP contribution in [0.2, 0.25) is 0 Å². The number of hydrogen-bond donors (Lipinski definition) is 0. The van der Waals surface area contributed by atoms with E-state index in [0.717, 1.165) is 24.3 Å². The third-order valence-electron chi connectivity index (χ3n) is 4.90. The molecule has 0 fully saturated rings. The molecule has 0 aliphatic rings. The van der Waals surface area contributed by atoms with Gasteiger partial charge in [-0.15, -0.1) is 0 Å². The second-order valence-electron chi connectivity index (χ2n) is 7.02. The Balaban J connectivity index is 1.88. The van der Waals surface area contributed by atoms with Crippen LogP contribution in [-0.2, 0) is 22.3 Å². The van der Waals surface area contributed by atoms with Crippen molar-refractivity contribution >= 4 is 5.97 Å². The van der Waals surface area contributed by atoms with Crippen molar-refractivity contribution in [2.24, 2.45) is 0 Å². The lowest BCUT2D eigenvalue weighted by atomic mass is 9.83. The van der Waals surface area contributed by atoms with Crippen LogP contribution in [0, 0.1) is 11.6 Å². The summed E-state index contributed by atoms with van der Waals surface area (Å²) in [5.74, 6) is -4.32. The summed E-state index contributed by atoms with van der Waals surface area (Å²) in [5, 5.41) is 0. The minimum absolute atomic E-state index is 0.0770. The first kappa shape index (κ1) is 22.4. The minimum atomic E-state index is -4.53. The van der Waals surface area contributed by atoms with Crippen LogP contribution in [0.5, 0.6) is 0 Å². The van der Waals surface area contributed by atoms with Gasteiger partial charge in [0.1, 0.15) is 18.2 Å². The third-order valence-corrected chi connectivity index (χ3v) is 4.90. The number of rotatable bonds is 6. The Kier molecular flexibility index (Phi) is 6.68. The fourth-order valence-corrected chi connectivity index (χ4v) is 3.27. The molecular weight excluding hydrogens is 417 g/mol. The quantitative estimate of drug-likeness (QED) is 0.352. The molecule has 0 saturated heterocycles. The number of pyridine rings is 1. The molecule has 1 aromatic heterocycles. The maximum atomic E-state index is 14.5. The molecule has 3 nitrogen and oxygen atoms in total. The predicted molar refractivity (Wildman–Crippen MR) is 103 cm³/mol. The van der Waals surface area contributed by atoms with E-state index in [1.54, 1.807) is 19.1 Å². The predicted octanol–water partition coefficient (Wildman–Crippen LogP) is 6.01. The second-order valence-corrected chi connectivity index (χ2v) is 7.02. The first-order valence-electron chi connectivity index (χ1n) is 9.34. The van der Waals surface area contributed by atoms with Crippen molar-refractivity contribution in [3.63, 3.8) is 0 Å². The molecular formula is C23H18F5NO2. The molecule has 3 aromatic rings. The van der Waals surface area contributed by atoms with Crippen molar-refractivity contribution in [1.82, 2.24) is 4.98 Å². The zero-order chi connectivity index (χ0) is 22.6. The number of alkyl halides is 3. The first-order chi connectivity index (χ1) is 14.7. The zero-order valence-electron chi connectivity index (χ0n) is 16.4. The van der Waals surface area contributed by atoms with Crippen LogP contribution < -0.4 is 0 Å². The van der Waals surface area contributed by atoms with Gasteiger partial charge in [0.2, 0.25) is 0 Å². The molecule has 0 aliphatic heterocycles. The molecule has 162 valence electrons. The van der Waals surface area contributed by atoms with E-state index in [0.29, 0.717) is 11.6 Å². The summed E-state index contributed by atoms with van der Waals surface area (Å²) in [4.78, 5) is 16.9. The molecule has 0 saturated carbocycles. The van der Waals surface area contributed by atoms with E-state index in [-0.39, 0.29) is 11.1 Å². The largest absolute Gasteiger partial charge is 0.460 e. The third kappa shape index (κ3) is 5.45. The topological polar surface area (TPSA) is 39.2 Å². The van der Waals surface area contributed by atoms with Gasteiger partial charge in [-0.25, -0.2) is 8.78 Å². The van der Waals surface area contributed by atoms with Crippen LogP contribution >= 0.6 is 0 Å². The maximum Gasteiger partial charge on any atom is 0.416 e. The molecule has 2 aromatic carbocycles. The number of benzene rings is 2. The Morgan fingerprint density at radius 3 is 2.48 bits per heavy atom. The lowest BCUT2D eigenvalue weighted by molar-refractivity contribution is -0.147. The molecule has 3 rings (SSSR count). The van der Waals surface area contributed by atoms with Crippen molar-refractivity contribution in [3.05, 3.63) is 101 Å². The molecule has 0 bridgehead atoms. The van der Waals surface area contributed by atoms with Crippen LogP contribution in [-0.4, -0.2) is 11.0 Å². The maximum absolute atomic E-state index is 14.5. The molecule has 0 spiro atoms. The minimum Gasteiger partial charge on any atom is -0.460 e. The molecule has 0 amide bonds. The summed E-state index contributed by atoms with van der Waals surface area (Å²) < 4.78 is 71.8. The van der Waals surface area contributed by atoms with Crippen LogP contribution in [0.15, 0.2) is 67.0 Å². The van der Waals surface area contributed by atoms with E-state index in [9.17, 15) is 26.7 Å². The number of hydrogen-bond acceptors (Lipinski definition) is 3. The molecule has 2 atom stereocenters. The number of aromatic nitrogens is 1. The highest BCUT2D eigenvalue weighted by atomic mass is 19.4. The average Bonchev–Trinajstić information content (AvgIpc) is 2.74. The molecule has 2 unspecified atom stereocenters. The summed E-state index contributed by atoms with van der Waals surface area (Å²) >= 11 is 0. The monoisotopic (exact) mass is 435 g/mol. The zero-order valence-corrected chi connectivity index (χ0v) is 16.4. The molecule has 0 aliphatic carbocycles. The highest BCUT2D eigenvalue weighted by Crippen LogP contribution is 2.36. The molecule has 0 radical (unpaired) electrons. The van der Waals surface area contributed by atoms with Gasteiger partial charge >= 0.3 is 12.1 Å².